The van der Waals surface area contributed by atoms with Crippen LogP contribution in [0.5, 0.6) is 0 Å². The molecule has 4 nitrogen and oxygen atoms in total. The van der Waals surface area contributed by atoms with Crippen LogP contribution in [0.2, 0.25) is 0 Å². The first kappa shape index (κ1) is 25.3. The molecule has 4 heteroatoms. The summed E-state index contributed by atoms with van der Waals surface area (Å²) in [7, 11) is 5.97. The van der Waals surface area contributed by atoms with Crippen molar-refractivity contribution < 1.29 is 14.4 Å². The highest BCUT2D eigenvalue weighted by atomic mass is 16.3. The van der Waals surface area contributed by atoms with E-state index in [4.69, 9.17) is 0 Å². The topological polar surface area (TPSA) is 49.3 Å². The summed E-state index contributed by atoms with van der Waals surface area (Å²) in [6.45, 7) is 13.9. The number of carbonyl (C=O) groups is 1. The van der Waals surface area contributed by atoms with Gasteiger partial charge in [0, 0.05) is 12.1 Å². The van der Waals surface area contributed by atoms with Crippen LogP contribution >= 0.6 is 0 Å². The van der Waals surface area contributed by atoms with Gasteiger partial charge in [-0.15, -0.1) is 0 Å². The Labute approximate surface area is 154 Å². The van der Waals surface area contributed by atoms with Crippen LogP contribution in [0.1, 0.15) is 32.8 Å². The lowest BCUT2D eigenvalue weighted by atomic mass is 10.2. The van der Waals surface area contributed by atoms with E-state index in [1.807, 2.05) is 57.6 Å². The Hall–Kier alpha value is -1.91. The van der Waals surface area contributed by atoms with E-state index in [1.165, 1.54) is 12.0 Å². The first-order chi connectivity index (χ1) is 11.6. The minimum absolute atomic E-state index is 0.203. The summed E-state index contributed by atoms with van der Waals surface area (Å²) < 4.78 is 0.671. The molecule has 1 unspecified atom stereocenters. The number of hydrogen-bond donors (Lipinski definition) is 2. The van der Waals surface area contributed by atoms with Crippen molar-refractivity contribution in [1.82, 2.24) is 5.32 Å². The van der Waals surface area contributed by atoms with Crippen LogP contribution in [0.4, 0.5) is 0 Å². The number of amides is 1. The largest absolute Gasteiger partial charge is 0.385 e. The molecule has 1 amide bonds. The van der Waals surface area contributed by atoms with Gasteiger partial charge in [0.1, 0.15) is 12.6 Å². The minimum Gasteiger partial charge on any atom is -0.385 e. The second-order valence-electron chi connectivity index (χ2n) is 6.94. The molecular formula is C21H37N2O2+. The Morgan fingerprint density at radius 1 is 1.24 bits per heavy atom. The third-order valence-electron chi connectivity index (χ3n) is 2.68. The van der Waals surface area contributed by atoms with E-state index in [0.29, 0.717) is 16.6 Å². The Kier molecular flexibility index (Phi) is 14.6. The number of benzene rings is 1. The highest BCUT2D eigenvalue weighted by molar-refractivity contribution is 5.92. The van der Waals surface area contributed by atoms with Crippen molar-refractivity contribution in [3.8, 4) is 0 Å². The molecule has 0 radical (unpaired) electrons. The first-order valence-corrected chi connectivity index (χ1v) is 8.67. The van der Waals surface area contributed by atoms with Crippen LogP contribution in [0.3, 0.4) is 0 Å². The molecule has 0 saturated heterocycles. The first-order valence-electron chi connectivity index (χ1n) is 8.67. The molecule has 1 rings (SSSR count). The maximum Gasteiger partial charge on any atom is 0.246 e. The molecule has 0 aliphatic heterocycles. The third-order valence-corrected chi connectivity index (χ3v) is 2.68. The molecule has 1 aromatic rings. The van der Waals surface area contributed by atoms with Crippen molar-refractivity contribution in [2.75, 3.05) is 34.2 Å². The normalized spacial score (nSPS) is 11.0. The number of likely N-dealkylation sites (N-methyl/N-ethyl adjacent to an activating group) is 1. The summed E-state index contributed by atoms with van der Waals surface area (Å²) in [6, 6.07) is 10.0. The molecule has 0 fully saturated rings. The number of rotatable bonds is 6. The Morgan fingerprint density at radius 2 is 1.72 bits per heavy atom. The summed E-state index contributed by atoms with van der Waals surface area (Å²) in [4.78, 5) is 11.1. The molecule has 142 valence electrons. The van der Waals surface area contributed by atoms with Gasteiger partial charge in [-0.05, 0) is 12.5 Å². The molecular weight excluding hydrogens is 312 g/mol. The number of quaternary nitrogens is 1. The number of nitrogens with one attached hydrogen (secondary N) is 1. The molecule has 1 atom stereocenters. The molecule has 2 N–H and O–H groups in total. The SMILES string of the molecule is C=C(C)C(=O)NCC(O)C[N+](C)(C)C.C=Cc1ccccc1.CCC. The van der Waals surface area contributed by atoms with Crippen molar-refractivity contribution in [2.45, 2.75) is 33.3 Å². The van der Waals surface area contributed by atoms with Gasteiger partial charge in [0.25, 0.3) is 0 Å². The number of nitrogens with zero attached hydrogens (tertiary/aromatic N) is 1. The number of aliphatic hydroxyl groups excluding tert-OH is 1. The molecule has 1 aromatic carbocycles. The van der Waals surface area contributed by atoms with Gasteiger partial charge in [-0.2, -0.15) is 0 Å². The van der Waals surface area contributed by atoms with E-state index in [2.05, 4.69) is 32.3 Å². The monoisotopic (exact) mass is 349 g/mol. The minimum atomic E-state index is -0.515. The zero-order chi connectivity index (χ0) is 19.9. The van der Waals surface area contributed by atoms with E-state index in [0.717, 1.165) is 0 Å². The summed E-state index contributed by atoms with van der Waals surface area (Å²) in [5, 5.41) is 12.2. The lowest BCUT2D eigenvalue weighted by Gasteiger charge is -2.26. The molecule has 0 aliphatic carbocycles. The van der Waals surface area contributed by atoms with Gasteiger partial charge in [0.15, 0.2) is 0 Å². The summed E-state index contributed by atoms with van der Waals surface area (Å²) in [5.41, 5.74) is 1.63. The molecule has 0 bridgehead atoms. The average molecular weight is 350 g/mol. The maximum absolute atomic E-state index is 11.1. The maximum atomic E-state index is 11.1. The third kappa shape index (κ3) is 18.3. The quantitative estimate of drug-likeness (QED) is 0.610. The van der Waals surface area contributed by atoms with Gasteiger partial charge in [0.2, 0.25) is 5.91 Å². The number of carbonyl (C=O) groups excluding carboxylic acids is 1. The van der Waals surface area contributed by atoms with Crippen LogP contribution < -0.4 is 5.32 Å². The molecule has 0 saturated carbocycles. The van der Waals surface area contributed by atoms with Crippen molar-refractivity contribution >= 4 is 12.0 Å². The van der Waals surface area contributed by atoms with Gasteiger partial charge in [0.05, 0.1) is 21.1 Å². The zero-order valence-corrected chi connectivity index (χ0v) is 16.9. The van der Waals surface area contributed by atoms with E-state index >= 15 is 0 Å². The van der Waals surface area contributed by atoms with Gasteiger partial charge < -0.3 is 14.9 Å². The van der Waals surface area contributed by atoms with Crippen LogP contribution in [-0.4, -0.2) is 55.8 Å². The Balaban J connectivity index is 0. The number of aliphatic hydroxyl groups is 1. The summed E-state index contributed by atoms with van der Waals surface area (Å²) in [5.74, 6) is -0.203. The molecule has 0 aromatic heterocycles. The second-order valence-corrected chi connectivity index (χ2v) is 6.94. The summed E-state index contributed by atoms with van der Waals surface area (Å²) >= 11 is 0. The summed E-state index contributed by atoms with van der Waals surface area (Å²) in [6.07, 6.45) is 2.57. The second kappa shape index (κ2) is 14.4. The molecule has 0 spiro atoms. The predicted molar refractivity (Wildman–Crippen MR) is 109 cm³/mol. The highest BCUT2D eigenvalue weighted by Crippen LogP contribution is 1.97. The molecule has 0 aliphatic rings. The predicted octanol–water partition coefficient (Wildman–Crippen LogP) is 3.49. The fourth-order valence-corrected chi connectivity index (χ4v) is 1.65. The van der Waals surface area contributed by atoms with E-state index in [-0.39, 0.29) is 12.5 Å². The van der Waals surface area contributed by atoms with Gasteiger partial charge in [-0.1, -0.05) is 69.8 Å². The van der Waals surface area contributed by atoms with E-state index in [9.17, 15) is 9.90 Å². The lowest BCUT2D eigenvalue weighted by Crippen LogP contribution is -2.45. The smallest absolute Gasteiger partial charge is 0.246 e. The van der Waals surface area contributed by atoms with Gasteiger partial charge >= 0.3 is 0 Å². The zero-order valence-electron chi connectivity index (χ0n) is 16.9. The van der Waals surface area contributed by atoms with Crippen molar-refractivity contribution in [2.24, 2.45) is 0 Å². The standard InChI is InChI=1S/C10H20N2O2.C8H8.C3H8/c1-8(2)10(14)11-6-9(13)7-12(3,4)5;1-2-8-6-4-3-5-7-8;1-3-2/h9,13H,1,6-7H2,2-5H3;2-7H,1H2;3H2,1-2H3/p+1. The lowest BCUT2D eigenvalue weighted by molar-refractivity contribution is -0.873. The van der Waals surface area contributed by atoms with Gasteiger partial charge in [-0.3, -0.25) is 4.79 Å². The fourth-order valence-electron chi connectivity index (χ4n) is 1.65. The van der Waals surface area contributed by atoms with Crippen molar-refractivity contribution in [1.29, 1.82) is 0 Å². The Bertz CT molecular complexity index is 490. The van der Waals surface area contributed by atoms with Crippen LogP contribution in [0.25, 0.3) is 6.08 Å². The van der Waals surface area contributed by atoms with Crippen molar-refractivity contribution in [3.05, 3.63) is 54.6 Å². The van der Waals surface area contributed by atoms with Crippen LogP contribution in [0, 0.1) is 0 Å². The fraction of sp³-hybridized carbons (Fsp3) is 0.476. The number of hydrogen-bond acceptors (Lipinski definition) is 2. The average Bonchev–Trinajstić information content (AvgIpc) is 2.53. The van der Waals surface area contributed by atoms with Crippen molar-refractivity contribution in [3.63, 3.8) is 0 Å². The van der Waals surface area contributed by atoms with Gasteiger partial charge in [-0.25, -0.2) is 0 Å². The molecule has 25 heavy (non-hydrogen) atoms. The molecule has 0 heterocycles. The van der Waals surface area contributed by atoms with E-state index in [1.54, 1.807) is 6.92 Å². The van der Waals surface area contributed by atoms with Crippen LogP contribution in [0.15, 0.2) is 49.1 Å². The highest BCUT2D eigenvalue weighted by Gasteiger charge is 2.15. The van der Waals surface area contributed by atoms with Crippen LogP contribution in [-0.2, 0) is 4.79 Å². The Morgan fingerprint density at radius 3 is 2.04 bits per heavy atom. The van der Waals surface area contributed by atoms with E-state index < -0.39 is 6.10 Å².